The number of nitrogens with one attached hydrogen (secondary N) is 2. The summed E-state index contributed by atoms with van der Waals surface area (Å²) in [6.45, 7) is 0. The Morgan fingerprint density at radius 1 is 1.08 bits per heavy atom. The molecule has 0 aliphatic carbocycles. The first kappa shape index (κ1) is 16.5. The van der Waals surface area contributed by atoms with Crippen LogP contribution in [0, 0.1) is 0 Å². The molecule has 2 aromatic carbocycles. The molecule has 0 radical (unpaired) electrons. The van der Waals surface area contributed by atoms with Crippen LogP contribution in [0.4, 0.5) is 16.5 Å². The first-order valence-electron chi connectivity index (χ1n) is 7.17. The third-order valence-electron chi connectivity index (χ3n) is 3.29. The molecule has 0 aliphatic rings. The van der Waals surface area contributed by atoms with E-state index in [1.807, 2.05) is 5.38 Å². The van der Waals surface area contributed by atoms with Crippen molar-refractivity contribution in [3.8, 4) is 5.75 Å². The Hall–Kier alpha value is -3.39. The van der Waals surface area contributed by atoms with Gasteiger partial charge in [0.1, 0.15) is 11.3 Å². The van der Waals surface area contributed by atoms with Crippen LogP contribution in [0.1, 0.15) is 20.7 Å². The van der Waals surface area contributed by atoms with E-state index in [2.05, 4.69) is 15.6 Å². The molecule has 0 aliphatic heterocycles. The number of carboxylic acid groups (broad SMARTS) is 1. The molecule has 0 atom stereocenters. The van der Waals surface area contributed by atoms with E-state index in [1.54, 1.807) is 30.5 Å². The van der Waals surface area contributed by atoms with Crippen LogP contribution in [-0.2, 0) is 0 Å². The van der Waals surface area contributed by atoms with E-state index in [0.29, 0.717) is 16.4 Å². The maximum atomic E-state index is 12.4. The van der Waals surface area contributed by atoms with E-state index in [9.17, 15) is 14.7 Å². The van der Waals surface area contributed by atoms with Gasteiger partial charge in [0, 0.05) is 28.5 Å². The van der Waals surface area contributed by atoms with Crippen LogP contribution in [0.2, 0.25) is 0 Å². The van der Waals surface area contributed by atoms with Crippen molar-refractivity contribution in [3.63, 3.8) is 0 Å². The Morgan fingerprint density at radius 3 is 2.64 bits per heavy atom. The van der Waals surface area contributed by atoms with Gasteiger partial charge in [-0.3, -0.25) is 4.79 Å². The fourth-order valence-electron chi connectivity index (χ4n) is 2.14. The van der Waals surface area contributed by atoms with Gasteiger partial charge < -0.3 is 20.8 Å². The quantitative estimate of drug-likeness (QED) is 0.521. The van der Waals surface area contributed by atoms with E-state index in [-0.39, 0.29) is 17.0 Å². The van der Waals surface area contributed by atoms with Gasteiger partial charge in [-0.15, -0.1) is 11.3 Å². The number of aromatic carboxylic acids is 1. The summed E-state index contributed by atoms with van der Waals surface area (Å²) in [5, 5.41) is 26.8. The van der Waals surface area contributed by atoms with Crippen LogP contribution in [0.25, 0.3) is 0 Å². The van der Waals surface area contributed by atoms with Gasteiger partial charge >= 0.3 is 5.97 Å². The van der Waals surface area contributed by atoms with Gasteiger partial charge in [0.25, 0.3) is 5.91 Å². The zero-order valence-corrected chi connectivity index (χ0v) is 13.6. The topological polar surface area (TPSA) is 112 Å². The Labute approximate surface area is 146 Å². The first-order chi connectivity index (χ1) is 12.0. The van der Waals surface area contributed by atoms with Crippen molar-refractivity contribution < 1.29 is 19.8 Å². The number of carboxylic acids is 1. The number of hydrogen-bond donors (Lipinski definition) is 4. The molecular weight excluding hydrogens is 342 g/mol. The highest BCUT2D eigenvalue weighted by atomic mass is 32.1. The van der Waals surface area contributed by atoms with Crippen LogP contribution >= 0.6 is 11.3 Å². The molecule has 1 aromatic heterocycles. The lowest BCUT2D eigenvalue weighted by Gasteiger charge is -2.09. The number of hydrogen-bond acceptors (Lipinski definition) is 6. The summed E-state index contributed by atoms with van der Waals surface area (Å²) < 4.78 is 0. The number of anilines is 3. The zero-order valence-electron chi connectivity index (χ0n) is 12.8. The fraction of sp³-hybridized carbons (Fsp3) is 0. The molecule has 25 heavy (non-hydrogen) atoms. The summed E-state index contributed by atoms with van der Waals surface area (Å²) in [7, 11) is 0. The monoisotopic (exact) mass is 355 g/mol. The molecule has 1 amide bonds. The van der Waals surface area contributed by atoms with Gasteiger partial charge in [0.2, 0.25) is 0 Å². The normalized spacial score (nSPS) is 10.2. The molecule has 0 unspecified atom stereocenters. The SMILES string of the molecule is O=C(Nc1ccc(O)c(C(=O)O)c1)c1cccc(Nc2nccs2)c1. The minimum absolute atomic E-state index is 0.276. The lowest BCUT2D eigenvalue weighted by Crippen LogP contribution is -2.12. The van der Waals surface area contributed by atoms with Gasteiger partial charge in [-0.1, -0.05) is 6.07 Å². The molecular formula is C17H13N3O4S. The average Bonchev–Trinajstić information content (AvgIpc) is 3.09. The van der Waals surface area contributed by atoms with Crippen molar-refractivity contribution >= 4 is 39.7 Å². The molecule has 8 heteroatoms. The predicted molar refractivity (Wildman–Crippen MR) is 94.9 cm³/mol. The van der Waals surface area contributed by atoms with Gasteiger partial charge in [-0.05, 0) is 36.4 Å². The molecule has 4 N–H and O–H groups in total. The first-order valence-corrected chi connectivity index (χ1v) is 8.05. The highest BCUT2D eigenvalue weighted by Crippen LogP contribution is 2.23. The molecule has 126 valence electrons. The highest BCUT2D eigenvalue weighted by molar-refractivity contribution is 7.13. The lowest BCUT2D eigenvalue weighted by molar-refractivity contribution is 0.0693. The number of aromatic nitrogens is 1. The number of amides is 1. The molecule has 0 spiro atoms. The average molecular weight is 355 g/mol. The van der Waals surface area contributed by atoms with Gasteiger partial charge in [0.05, 0.1) is 0 Å². The second-order valence-corrected chi connectivity index (χ2v) is 5.93. The summed E-state index contributed by atoms with van der Waals surface area (Å²) in [5.74, 6) is -2.03. The minimum atomic E-state index is -1.27. The molecule has 0 saturated carbocycles. The molecule has 0 fully saturated rings. The molecule has 7 nitrogen and oxygen atoms in total. The highest BCUT2D eigenvalue weighted by Gasteiger charge is 2.13. The minimum Gasteiger partial charge on any atom is -0.507 e. The number of phenols is 1. The number of benzene rings is 2. The van der Waals surface area contributed by atoms with Gasteiger partial charge in [-0.25, -0.2) is 9.78 Å². The van der Waals surface area contributed by atoms with Crippen molar-refractivity contribution in [3.05, 3.63) is 65.2 Å². The Kier molecular flexibility index (Phi) is 4.62. The van der Waals surface area contributed by atoms with Crippen LogP contribution in [-0.4, -0.2) is 27.1 Å². The molecule has 1 heterocycles. The second kappa shape index (κ2) is 7.02. The largest absolute Gasteiger partial charge is 0.507 e. The number of carbonyl (C=O) groups is 2. The van der Waals surface area contributed by atoms with Gasteiger partial charge in [-0.2, -0.15) is 0 Å². The van der Waals surface area contributed by atoms with Crippen LogP contribution in [0.3, 0.4) is 0 Å². The number of carbonyl (C=O) groups excluding carboxylic acids is 1. The summed E-state index contributed by atoms with van der Waals surface area (Å²) in [6, 6.07) is 10.7. The molecule has 0 bridgehead atoms. The predicted octanol–water partition coefficient (Wildman–Crippen LogP) is 3.54. The summed E-state index contributed by atoms with van der Waals surface area (Å²) >= 11 is 1.44. The molecule has 3 rings (SSSR count). The Balaban J connectivity index is 1.77. The maximum absolute atomic E-state index is 12.4. The Bertz CT molecular complexity index is 925. The maximum Gasteiger partial charge on any atom is 0.339 e. The molecule has 3 aromatic rings. The van der Waals surface area contributed by atoms with E-state index < -0.39 is 11.9 Å². The Morgan fingerprint density at radius 2 is 1.92 bits per heavy atom. The van der Waals surface area contributed by atoms with Crippen molar-refractivity contribution in [2.24, 2.45) is 0 Å². The summed E-state index contributed by atoms with van der Waals surface area (Å²) in [5.41, 5.74) is 1.10. The van der Waals surface area contributed by atoms with E-state index in [4.69, 9.17) is 5.11 Å². The fourth-order valence-corrected chi connectivity index (χ4v) is 2.68. The third kappa shape index (κ3) is 3.93. The van der Waals surface area contributed by atoms with Gasteiger partial charge in [0.15, 0.2) is 5.13 Å². The third-order valence-corrected chi connectivity index (χ3v) is 3.98. The van der Waals surface area contributed by atoms with Crippen molar-refractivity contribution in [2.75, 3.05) is 10.6 Å². The van der Waals surface area contributed by atoms with E-state index in [0.717, 1.165) is 0 Å². The number of thiazole rings is 1. The van der Waals surface area contributed by atoms with Crippen molar-refractivity contribution in [1.82, 2.24) is 4.98 Å². The summed E-state index contributed by atoms with van der Waals surface area (Å²) in [4.78, 5) is 27.5. The van der Waals surface area contributed by atoms with Crippen molar-refractivity contribution in [2.45, 2.75) is 0 Å². The number of aromatic hydroxyl groups is 1. The lowest BCUT2D eigenvalue weighted by atomic mass is 10.1. The summed E-state index contributed by atoms with van der Waals surface area (Å²) in [6.07, 6.45) is 1.68. The standard InChI is InChI=1S/C17H13N3O4S/c21-14-5-4-12(9-13(14)16(23)24)19-15(22)10-2-1-3-11(8-10)20-17-18-6-7-25-17/h1-9,21H,(H,18,20)(H,19,22)(H,23,24). The zero-order chi connectivity index (χ0) is 17.8. The number of nitrogens with zero attached hydrogens (tertiary/aromatic N) is 1. The van der Waals surface area contributed by atoms with Crippen LogP contribution < -0.4 is 10.6 Å². The van der Waals surface area contributed by atoms with Crippen molar-refractivity contribution in [1.29, 1.82) is 0 Å². The number of rotatable bonds is 5. The van der Waals surface area contributed by atoms with E-state index >= 15 is 0 Å². The van der Waals surface area contributed by atoms with E-state index in [1.165, 1.54) is 29.5 Å². The molecule has 0 saturated heterocycles. The van der Waals surface area contributed by atoms with Crippen LogP contribution in [0.5, 0.6) is 5.75 Å². The second-order valence-electron chi connectivity index (χ2n) is 5.03. The van der Waals surface area contributed by atoms with Crippen LogP contribution in [0.15, 0.2) is 54.0 Å². The smallest absolute Gasteiger partial charge is 0.339 e.